The Kier molecular flexibility index (Phi) is 4.40. The zero-order valence-electron chi connectivity index (χ0n) is 9.95. The second kappa shape index (κ2) is 5.83. The highest BCUT2D eigenvalue weighted by Crippen LogP contribution is 2.35. The van der Waals surface area contributed by atoms with Crippen LogP contribution in [0.3, 0.4) is 0 Å². The van der Waals surface area contributed by atoms with Crippen LogP contribution in [0.15, 0.2) is 22.8 Å². The first-order valence-corrected chi connectivity index (χ1v) is 7.01. The fraction of sp³-hybridized carbons (Fsp3) is 0.615. The lowest BCUT2D eigenvalue weighted by atomic mass is 9.74. The molecule has 0 bridgehead atoms. The summed E-state index contributed by atoms with van der Waals surface area (Å²) in [4.78, 5) is 4.35. The molecule has 0 aromatic carbocycles. The van der Waals surface area contributed by atoms with Crippen LogP contribution in [0.5, 0.6) is 0 Å². The average molecular weight is 299 g/mol. The lowest BCUT2D eigenvalue weighted by Gasteiger charge is -2.35. The fourth-order valence-corrected chi connectivity index (χ4v) is 2.82. The van der Waals surface area contributed by atoms with Crippen molar-refractivity contribution in [1.82, 2.24) is 4.98 Å². The second-order valence-electron chi connectivity index (χ2n) is 4.92. The molecular formula is C13H19BrN2O. The molecule has 3 nitrogen and oxygen atoms in total. The molecule has 0 saturated heterocycles. The van der Waals surface area contributed by atoms with Crippen LogP contribution in [0.4, 0.5) is 5.82 Å². The van der Waals surface area contributed by atoms with Gasteiger partial charge in [-0.15, -0.1) is 0 Å². The van der Waals surface area contributed by atoms with E-state index in [4.69, 9.17) is 0 Å². The molecule has 1 heterocycles. The van der Waals surface area contributed by atoms with E-state index in [2.05, 4.69) is 26.2 Å². The number of hydrogen-bond donors (Lipinski definition) is 2. The Balaban J connectivity index is 1.95. The number of nitrogens with one attached hydrogen (secondary N) is 1. The molecule has 4 heteroatoms. The summed E-state index contributed by atoms with van der Waals surface area (Å²) in [5, 5.41) is 13.0. The van der Waals surface area contributed by atoms with Crippen molar-refractivity contribution in [3.8, 4) is 0 Å². The Labute approximate surface area is 111 Å². The third-order valence-electron chi connectivity index (χ3n) is 3.61. The maximum atomic E-state index is 9.60. The predicted octanol–water partition coefficient (Wildman–Crippen LogP) is 3.20. The summed E-state index contributed by atoms with van der Waals surface area (Å²) >= 11 is 3.36. The van der Waals surface area contributed by atoms with E-state index in [1.54, 1.807) is 0 Å². The molecule has 2 rings (SSSR count). The van der Waals surface area contributed by atoms with Crippen LogP contribution in [0, 0.1) is 5.41 Å². The summed E-state index contributed by atoms with van der Waals surface area (Å²) < 4.78 is 0.837. The van der Waals surface area contributed by atoms with Crippen LogP contribution < -0.4 is 5.32 Å². The summed E-state index contributed by atoms with van der Waals surface area (Å²) in [5.74, 6) is 0.873. The molecule has 0 atom stereocenters. The largest absolute Gasteiger partial charge is 0.396 e. The van der Waals surface area contributed by atoms with Gasteiger partial charge in [-0.3, -0.25) is 0 Å². The Bertz CT molecular complexity index is 364. The third-order valence-corrected chi connectivity index (χ3v) is 4.05. The minimum atomic E-state index is 0.0578. The number of pyridine rings is 1. The van der Waals surface area contributed by atoms with E-state index in [0.717, 1.165) is 29.8 Å². The number of nitrogens with zero attached hydrogens (tertiary/aromatic N) is 1. The van der Waals surface area contributed by atoms with E-state index in [1.165, 1.54) is 19.3 Å². The first-order chi connectivity index (χ1) is 8.24. The van der Waals surface area contributed by atoms with Crippen molar-refractivity contribution in [2.24, 2.45) is 5.41 Å². The van der Waals surface area contributed by atoms with Crippen LogP contribution >= 0.6 is 15.9 Å². The molecule has 1 aromatic heterocycles. The van der Waals surface area contributed by atoms with Crippen LogP contribution in [-0.2, 0) is 0 Å². The molecule has 1 aromatic rings. The maximum Gasteiger partial charge on any atom is 0.127 e. The minimum absolute atomic E-state index is 0.0578. The van der Waals surface area contributed by atoms with E-state index in [9.17, 15) is 5.11 Å². The molecule has 0 amide bonds. The average Bonchev–Trinajstić information content (AvgIpc) is 2.38. The van der Waals surface area contributed by atoms with Gasteiger partial charge in [-0.1, -0.05) is 25.3 Å². The van der Waals surface area contributed by atoms with Crippen molar-refractivity contribution in [2.75, 3.05) is 18.5 Å². The van der Waals surface area contributed by atoms with E-state index in [0.29, 0.717) is 0 Å². The van der Waals surface area contributed by atoms with Gasteiger partial charge in [0.05, 0.1) is 6.61 Å². The zero-order valence-corrected chi connectivity index (χ0v) is 11.5. The molecule has 1 aliphatic carbocycles. The van der Waals surface area contributed by atoms with Crippen LogP contribution in [-0.4, -0.2) is 23.2 Å². The normalized spacial score (nSPS) is 18.9. The van der Waals surface area contributed by atoms with Crippen molar-refractivity contribution in [3.05, 3.63) is 22.8 Å². The predicted molar refractivity (Wildman–Crippen MR) is 73.0 cm³/mol. The summed E-state index contributed by atoms with van der Waals surface area (Å²) in [6.45, 7) is 1.08. The smallest absolute Gasteiger partial charge is 0.127 e. The van der Waals surface area contributed by atoms with Gasteiger partial charge in [0, 0.05) is 12.0 Å². The second-order valence-corrected chi connectivity index (χ2v) is 5.73. The number of halogens is 1. The summed E-state index contributed by atoms with van der Waals surface area (Å²) in [6.07, 6.45) is 5.99. The first-order valence-electron chi connectivity index (χ1n) is 6.21. The quantitative estimate of drug-likeness (QED) is 0.839. The summed E-state index contributed by atoms with van der Waals surface area (Å²) in [5.41, 5.74) is 0.0578. The summed E-state index contributed by atoms with van der Waals surface area (Å²) in [7, 11) is 0. The topological polar surface area (TPSA) is 45.1 Å². The van der Waals surface area contributed by atoms with E-state index >= 15 is 0 Å². The molecule has 94 valence electrons. The lowest BCUT2D eigenvalue weighted by Crippen LogP contribution is -2.35. The monoisotopic (exact) mass is 298 g/mol. The van der Waals surface area contributed by atoms with Gasteiger partial charge in [0.2, 0.25) is 0 Å². The minimum Gasteiger partial charge on any atom is -0.396 e. The van der Waals surface area contributed by atoms with Gasteiger partial charge in [-0.25, -0.2) is 4.98 Å². The van der Waals surface area contributed by atoms with E-state index in [-0.39, 0.29) is 12.0 Å². The molecule has 1 fully saturated rings. The lowest BCUT2D eigenvalue weighted by molar-refractivity contribution is 0.0943. The van der Waals surface area contributed by atoms with Crippen LogP contribution in [0.2, 0.25) is 0 Å². The molecule has 0 unspecified atom stereocenters. The van der Waals surface area contributed by atoms with Gasteiger partial charge in [-0.05, 0) is 40.9 Å². The van der Waals surface area contributed by atoms with Crippen molar-refractivity contribution >= 4 is 21.7 Å². The van der Waals surface area contributed by atoms with Crippen molar-refractivity contribution < 1.29 is 5.11 Å². The van der Waals surface area contributed by atoms with Crippen molar-refractivity contribution in [1.29, 1.82) is 0 Å². The number of hydrogen-bond acceptors (Lipinski definition) is 3. The van der Waals surface area contributed by atoms with Crippen LogP contribution in [0.1, 0.15) is 32.1 Å². The highest BCUT2D eigenvalue weighted by molar-refractivity contribution is 9.10. The SMILES string of the molecule is OCC1(CNc2cccc(Br)n2)CCCCC1. The summed E-state index contributed by atoms with van der Waals surface area (Å²) in [6, 6.07) is 5.83. The Morgan fingerprint density at radius 2 is 2.06 bits per heavy atom. The fourth-order valence-electron chi connectivity index (χ4n) is 2.48. The number of aromatic nitrogens is 1. The van der Waals surface area contributed by atoms with Gasteiger partial charge in [-0.2, -0.15) is 0 Å². The van der Waals surface area contributed by atoms with Gasteiger partial charge >= 0.3 is 0 Å². The molecule has 1 aliphatic rings. The van der Waals surface area contributed by atoms with E-state index < -0.39 is 0 Å². The number of aliphatic hydroxyl groups is 1. The number of anilines is 1. The Hall–Kier alpha value is -0.610. The van der Waals surface area contributed by atoms with Gasteiger partial charge in [0.1, 0.15) is 10.4 Å². The zero-order chi connectivity index (χ0) is 12.1. The van der Waals surface area contributed by atoms with Gasteiger partial charge in [0.25, 0.3) is 0 Å². The van der Waals surface area contributed by atoms with Gasteiger partial charge < -0.3 is 10.4 Å². The van der Waals surface area contributed by atoms with Gasteiger partial charge in [0.15, 0.2) is 0 Å². The number of aliphatic hydroxyl groups excluding tert-OH is 1. The molecule has 0 aliphatic heterocycles. The molecule has 2 N–H and O–H groups in total. The molecule has 17 heavy (non-hydrogen) atoms. The standard InChI is InChI=1S/C13H19BrN2O/c14-11-5-4-6-12(16-11)15-9-13(10-17)7-2-1-3-8-13/h4-6,17H,1-3,7-10H2,(H,15,16). The maximum absolute atomic E-state index is 9.60. The van der Waals surface area contributed by atoms with Crippen LogP contribution in [0.25, 0.3) is 0 Å². The molecule has 0 radical (unpaired) electrons. The number of rotatable bonds is 4. The molecule has 0 spiro atoms. The van der Waals surface area contributed by atoms with Crippen molar-refractivity contribution in [3.63, 3.8) is 0 Å². The third kappa shape index (κ3) is 3.42. The Morgan fingerprint density at radius 1 is 1.29 bits per heavy atom. The van der Waals surface area contributed by atoms with E-state index in [1.807, 2.05) is 18.2 Å². The highest BCUT2D eigenvalue weighted by Gasteiger charge is 2.31. The van der Waals surface area contributed by atoms with Crippen molar-refractivity contribution in [2.45, 2.75) is 32.1 Å². The first kappa shape index (κ1) is 12.8. The highest BCUT2D eigenvalue weighted by atomic mass is 79.9. The molecule has 1 saturated carbocycles. The molecular weight excluding hydrogens is 280 g/mol. The Morgan fingerprint density at radius 3 is 2.71 bits per heavy atom.